The molecule has 0 bridgehead atoms. The van der Waals surface area contributed by atoms with Crippen molar-refractivity contribution in [3.8, 4) is 11.5 Å². The molecule has 1 aliphatic rings. The first kappa shape index (κ1) is 23.3. The molecule has 0 spiro atoms. The second-order valence-electron chi connectivity index (χ2n) is 7.73. The summed E-state index contributed by atoms with van der Waals surface area (Å²) in [5.74, 6) is 0.487. The lowest BCUT2D eigenvalue weighted by Crippen LogP contribution is -2.45. The van der Waals surface area contributed by atoms with Crippen molar-refractivity contribution in [2.24, 2.45) is 0 Å². The van der Waals surface area contributed by atoms with E-state index in [4.69, 9.17) is 14.2 Å². The molecule has 0 atom stereocenters. The van der Waals surface area contributed by atoms with E-state index in [-0.39, 0.29) is 37.4 Å². The zero-order chi connectivity index (χ0) is 23.1. The van der Waals surface area contributed by atoms with Crippen LogP contribution < -0.4 is 19.7 Å². The Bertz CT molecular complexity index is 988. The molecule has 2 aromatic carbocycles. The fourth-order valence-corrected chi connectivity index (χ4v) is 3.24. The number of carbonyl (C=O) groups excluding carboxylic acids is 3. The number of amides is 2. The van der Waals surface area contributed by atoms with Gasteiger partial charge in [-0.15, -0.1) is 0 Å². The predicted molar refractivity (Wildman–Crippen MR) is 120 cm³/mol. The Kier molecular flexibility index (Phi) is 7.83. The summed E-state index contributed by atoms with van der Waals surface area (Å²) in [6.45, 7) is 4.41. The van der Waals surface area contributed by atoms with Gasteiger partial charge in [-0.2, -0.15) is 0 Å². The minimum atomic E-state index is -0.356. The van der Waals surface area contributed by atoms with Gasteiger partial charge in [-0.1, -0.05) is 26.0 Å². The topological polar surface area (TPSA) is 94.2 Å². The number of anilines is 1. The molecule has 1 N–H and O–H groups in total. The number of rotatable bonds is 10. The molecule has 170 valence electrons. The molecule has 0 saturated heterocycles. The Balaban J connectivity index is 1.70. The Labute approximate surface area is 187 Å². The van der Waals surface area contributed by atoms with Crippen molar-refractivity contribution in [3.05, 3.63) is 53.6 Å². The lowest BCUT2D eigenvalue weighted by atomic mass is 10.0. The summed E-state index contributed by atoms with van der Waals surface area (Å²) in [7, 11) is 1.54. The highest BCUT2D eigenvalue weighted by Gasteiger charge is 2.28. The minimum absolute atomic E-state index is 0.146. The summed E-state index contributed by atoms with van der Waals surface area (Å²) in [6, 6.07) is 12.5. The summed E-state index contributed by atoms with van der Waals surface area (Å²) in [5.41, 5.74) is 1.88. The highest BCUT2D eigenvalue weighted by molar-refractivity contribution is 6.04. The fourth-order valence-electron chi connectivity index (χ4n) is 3.24. The number of carbonyl (C=O) groups is 3. The SMILES string of the molecule is COCCNC(=O)CN1C(=O)COc2ccc(C(=O)COc3cccc(C(C)C)c3)cc21. The molecule has 32 heavy (non-hydrogen) atoms. The van der Waals surface area contributed by atoms with Gasteiger partial charge in [0.1, 0.15) is 18.0 Å². The van der Waals surface area contributed by atoms with Gasteiger partial charge in [0.25, 0.3) is 5.91 Å². The fraction of sp³-hybridized carbons (Fsp3) is 0.375. The van der Waals surface area contributed by atoms with Gasteiger partial charge in [-0.05, 0) is 41.8 Å². The molecule has 0 fully saturated rings. The molecule has 1 heterocycles. The summed E-state index contributed by atoms with van der Waals surface area (Å²) in [5, 5.41) is 2.68. The molecule has 1 aliphatic heterocycles. The van der Waals surface area contributed by atoms with Crippen LogP contribution in [0.2, 0.25) is 0 Å². The van der Waals surface area contributed by atoms with E-state index in [1.165, 1.54) is 12.0 Å². The van der Waals surface area contributed by atoms with Crippen molar-refractivity contribution in [1.29, 1.82) is 0 Å². The van der Waals surface area contributed by atoms with Gasteiger partial charge in [0.15, 0.2) is 19.0 Å². The van der Waals surface area contributed by atoms with Gasteiger partial charge >= 0.3 is 0 Å². The maximum absolute atomic E-state index is 12.7. The van der Waals surface area contributed by atoms with Crippen LogP contribution in [0.15, 0.2) is 42.5 Å². The van der Waals surface area contributed by atoms with Gasteiger partial charge in [0.05, 0.1) is 12.3 Å². The lowest BCUT2D eigenvalue weighted by molar-refractivity contribution is -0.125. The first-order valence-corrected chi connectivity index (χ1v) is 10.5. The van der Waals surface area contributed by atoms with E-state index in [2.05, 4.69) is 19.2 Å². The van der Waals surface area contributed by atoms with Crippen molar-refractivity contribution >= 4 is 23.3 Å². The van der Waals surface area contributed by atoms with Crippen LogP contribution in [0.3, 0.4) is 0 Å². The first-order chi connectivity index (χ1) is 15.4. The Morgan fingerprint density at radius 3 is 2.75 bits per heavy atom. The molecule has 0 aliphatic carbocycles. The number of Topliss-reactive ketones (excluding diaryl/α,β-unsaturated/α-hetero) is 1. The van der Waals surface area contributed by atoms with Crippen LogP contribution in [0.25, 0.3) is 0 Å². The monoisotopic (exact) mass is 440 g/mol. The third-order valence-electron chi connectivity index (χ3n) is 5.05. The summed E-state index contributed by atoms with van der Waals surface area (Å²) in [6.07, 6.45) is 0. The minimum Gasteiger partial charge on any atom is -0.485 e. The molecule has 2 amide bonds. The first-order valence-electron chi connectivity index (χ1n) is 10.5. The van der Waals surface area contributed by atoms with Crippen LogP contribution in [0.5, 0.6) is 11.5 Å². The maximum atomic E-state index is 12.7. The maximum Gasteiger partial charge on any atom is 0.265 e. The standard InChI is InChI=1S/C24H28N2O6/c1-16(2)17-5-4-6-19(11-17)31-14-21(27)18-7-8-22-20(12-18)26(24(29)15-32-22)13-23(28)25-9-10-30-3/h4-8,11-12,16H,9-10,13-15H2,1-3H3,(H,25,28). The summed E-state index contributed by atoms with van der Waals surface area (Å²) >= 11 is 0. The van der Waals surface area contributed by atoms with Gasteiger partial charge in [-0.25, -0.2) is 0 Å². The molecule has 0 unspecified atom stereocenters. The van der Waals surface area contributed by atoms with E-state index in [0.29, 0.717) is 41.8 Å². The van der Waals surface area contributed by atoms with Crippen LogP contribution in [-0.4, -0.2) is 57.6 Å². The van der Waals surface area contributed by atoms with Gasteiger partial charge < -0.3 is 19.5 Å². The number of nitrogens with one attached hydrogen (secondary N) is 1. The molecule has 0 radical (unpaired) electrons. The smallest absolute Gasteiger partial charge is 0.265 e. The number of hydrogen-bond donors (Lipinski definition) is 1. The Morgan fingerprint density at radius 1 is 1.19 bits per heavy atom. The van der Waals surface area contributed by atoms with E-state index >= 15 is 0 Å². The van der Waals surface area contributed by atoms with E-state index in [1.54, 1.807) is 18.2 Å². The average Bonchev–Trinajstić information content (AvgIpc) is 2.79. The number of hydrogen-bond acceptors (Lipinski definition) is 6. The number of ketones is 1. The molecule has 8 nitrogen and oxygen atoms in total. The van der Waals surface area contributed by atoms with Crippen molar-refractivity contribution in [1.82, 2.24) is 5.32 Å². The van der Waals surface area contributed by atoms with Crippen LogP contribution >= 0.6 is 0 Å². The number of ether oxygens (including phenoxy) is 3. The van der Waals surface area contributed by atoms with Crippen LogP contribution in [0.4, 0.5) is 5.69 Å². The van der Waals surface area contributed by atoms with Crippen LogP contribution in [0.1, 0.15) is 35.7 Å². The highest BCUT2D eigenvalue weighted by atomic mass is 16.5. The second kappa shape index (κ2) is 10.8. The van der Waals surface area contributed by atoms with Crippen molar-refractivity contribution < 1.29 is 28.6 Å². The molecule has 2 aromatic rings. The summed E-state index contributed by atoms with van der Waals surface area (Å²) in [4.78, 5) is 38.7. The molecule has 0 aromatic heterocycles. The Morgan fingerprint density at radius 2 is 2.00 bits per heavy atom. The van der Waals surface area contributed by atoms with Crippen molar-refractivity contribution in [3.63, 3.8) is 0 Å². The van der Waals surface area contributed by atoms with Crippen LogP contribution in [0, 0.1) is 0 Å². The third-order valence-corrected chi connectivity index (χ3v) is 5.05. The predicted octanol–water partition coefficient (Wildman–Crippen LogP) is 2.56. The van der Waals surface area contributed by atoms with Gasteiger partial charge in [-0.3, -0.25) is 19.3 Å². The lowest BCUT2D eigenvalue weighted by Gasteiger charge is -2.29. The largest absolute Gasteiger partial charge is 0.485 e. The van der Waals surface area contributed by atoms with E-state index in [0.717, 1.165) is 5.56 Å². The zero-order valence-corrected chi connectivity index (χ0v) is 18.6. The van der Waals surface area contributed by atoms with Gasteiger partial charge in [0, 0.05) is 19.2 Å². The average molecular weight is 440 g/mol. The van der Waals surface area contributed by atoms with Crippen LogP contribution in [-0.2, 0) is 14.3 Å². The molecule has 0 saturated carbocycles. The molecule has 8 heteroatoms. The number of benzene rings is 2. The van der Waals surface area contributed by atoms with Crippen molar-refractivity contribution in [2.75, 3.05) is 44.9 Å². The summed E-state index contributed by atoms with van der Waals surface area (Å²) < 4.78 is 16.1. The normalized spacial score (nSPS) is 12.9. The third kappa shape index (κ3) is 5.85. The quantitative estimate of drug-likeness (QED) is 0.451. The highest BCUT2D eigenvalue weighted by Crippen LogP contribution is 2.33. The van der Waals surface area contributed by atoms with E-state index in [1.807, 2.05) is 24.3 Å². The molecular weight excluding hydrogens is 412 g/mol. The van der Waals surface area contributed by atoms with E-state index < -0.39 is 0 Å². The number of fused-ring (bicyclic) bond motifs is 1. The molecular formula is C24H28N2O6. The molecule has 3 rings (SSSR count). The second-order valence-corrected chi connectivity index (χ2v) is 7.73. The van der Waals surface area contributed by atoms with Gasteiger partial charge in [0.2, 0.25) is 5.91 Å². The van der Waals surface area contributed by atoms with Crippen molar-refractivity contribution in [2.45, 2.75) is 19.8 Å². The number of methoxy groups -OCH3 is 1. The zero-order valence-electron chi connectivity index (χ0n) is 18.6. The Hall–Kier alpha value is -3.39. The van der Waals surface area contributed by atoms with E-state index in [9.17, 15) is 14.4 Å². The number of nitrogens with zero attached hydrogens (tertiary/aromatic N) is 1.